The number of halogens is 1. The Bertz CT molecular complexity index is 969. The number of rotatable bonds is 5. The van der Waals surface area contributed by atoms with Crippen LogP contribution in [0.1, 0.15) is 17.3 Å². The second-order valence-electron chi connectivity index (χ2n) is 5.83. The van der Waals surface area contributed by atoms with Crippen molar-refractivity contribution < 1.29 is 9.59 Å². The minimum atomic E-state index is -0.267. The number of fused-ring (bicyclic) bond motifs is 1. The first-order valence-electron chi connectivity index (χ1n) is 8.12. The van der Waals surface area contributed by atoms with Gasteiger partial charge in [-0.2, -0.15) is 0 Å². The zero-order valence-electron chi connectivity index (χ0n) is 14.4. The lowest BCUT2D eigenvalue weighted by molar-refractivity contribution is -0.116. The predicted molar refractivity (Wildman–Crippen MR) is 103 cm³/mol. The summed E-state index contributed by atoms with van der Waals surface area (Å²) in [5.74, 6) is -0.515. The van der Waals surface area contributed by atoms with Crippen molar-refractivity contribution in [3.63, 3.8) is 0 Å². The van der Waals surface area contributed by atoms with Crippen LogP contribution < -0.4 is 5.32 Å². The molecular formula is C18H18BrN5O2. The lowest BCUT2D eigenvalue weighted by Crippen LogP contribution is -2.34. The molecule has 3 aromatic rings. The van der Waals surface area contributed by atoms with E-state index in [0.29, 0.717) is 23.3 Å². The monoisotopic (exact) mass is 415 g/mol. The van der Waals surface area contributed by atoms with Crippen LogP contribution in [0, 0.1) is 0 Å². The van der Waals surface area contributed by atoms with Gasteiger partial charge in [0.15, 0.2) is 0 Å². The second kappa shape index (κ2) is 7.65. The molecule has 1 heterocycles. The number of likely N-dealkylation sites (N-methyl/N-ethyl adjacent to an activating group) is 1. The maximum absolute atomic E-state index is 12.6. The van der Waals surface area contributed by atoms with Gasteiger partial charge in [0.1, 0.15) is 5.52 Å². The van der Waals surface area contributed by atoms with E-state index in [1.165, 1.54) is 4.90 Å². The summed E-state index contributed by atoms with van der Waals surface area (Å²) in [6.45, 7) is 2.63. The van der Waals surface area contributed by atoms with Gasteiger partial charge in [0.25, 0.3) is 5.91 Å². The van der Waals surface area contributed by atoms with Gasteiger partial charge in [-0.05, 0) is 43.3 Å². The Hall–Kier alpha value is -2.74. The molecule has 134 valence electrons. The standard InChI is InChI=1S/C18H18BrN5O2/c1-3-24-16-8-7-12(9-15(16)21-22-24)18(26)23(2)11-17(25)20-14-6-4-5-13(19)10-14/h4-10H,3,11H2,1-2H3,(H,20,25). The van der Waals surface area contributed by atoms with Crippen molar-refractivity contribution in [3.8, 4) is 0 Å². The smallest absolute Gasteiger partial charge is 0.254 e. The number of nitrogens with one attached hydrogen (secondary N) is 1. The summed E-state index contributed by atoms with van der Waals surface area (Å²) in [6.07, 6.45) is 0. The molecule has 3 rings (SSSR count). The van der Waals surface area contributed by atoms with E-state index < -0.39 is 0 Å². The van der Waals surface area contributed by atoms with Gasteiger partial charge >= 0.3 is 0 Å². The number of benzene rings is 2. The normalized spacial score (nSPS) is 10.7. The predicted octanol–water partition coefficient (Wildman–Crippen LogP) is 2.92. The number of aromatic nitrogens is 3. The molecule has 0 aliphatic heterocycles. The van der Waals surface area contributed by atoms with Crippen LogP contribution in [-0.2, 0) is 11.3 Å². The zero-order valence-corrected chi connectivity index (χ0v) is 16.0. The quantitative estimate of drug-likeness (QED) is 0.694. The van der Waals surface area contributed by atoms with Crippen molar-refractivity contribution >= 4 is 44.5 Å². The molecule has 0 aliphatic rings. The first-order valence-corrected chi connectivity index (χ1v) is 8.91. The lowest BCUT2D eigenvalue weighted by atomic mass is 10.1. The number of nitrogens with zero attached hydrogens (tertiary/aromatic N) is 4. The molecule has 2 aromatic carbocycles. The molecule has 0 radical (unpaired) electrons. The van der Waals surface area contributed by atoms with Crippen LogP contribution in [0.3, 0.4) is 0 Å². The number of carbonyl (C=O) groups is 2. The van der Waals surface area contributed by atoms with Crippen LogP contribution in [-0.4, -0.2) is 45.3 Å². The van der Waals surface area contributed by atoms with Crippen LogP contribution in [0.4, 0.5) is 5.69 Å². The van der Waals surface area contributed by atoms with Gasteiger partial charge in [0, 0.05) is 29.3 Å². The molecule has 0 saturated heterocycles. The molecule has 1 N–H and O–H groups in total. The highest BCUT2D eigenvalue weighted by atomic mass is 79.9. The Morgan fingerprint density at radius 1 is 1.23 bits per heavy atom. The summed E-state index contributed by atoms with van der Waals surface area (Å²) in [7, 11) is 1.59. The van der Waals surface area contributed by atoms with E-state index in [9.17, 15) is 9.59 Å². The van der Waals surface area contributed by atoms with E-state index in [4.69, 9.17) is 0 Å². The molecule has 0 aliphatic carbocycles. The van der Waals surface area contributed by atoms with Crippen molar-refractivity contribution in [2.45, 2.75) is 13.5 Å². The molecule has 26 heavy (non-hydrogen) atoms. The summed E-state index contributed by atoms with van der Waals surface area (Å²) in [5, 5.41) is 10.9. The highest BCUT2D eigenvalue weighted by Crippen LogP contribution is 2.16. The van der Waals surface area contributed by atoms with Gasteiger partial charge in [-0.25, -0.2) is 4.68 Å². The molecule has 7 nitrogen and oxygen atoms in total. The van der Waals surface area contributed by atoms with Crippen molar-refractivity contribution in [2.75, 3.05) is 18.9 Å². The summed E-state index contributed by atoms with van der Waals surface area (Å²) < 4.78 is 2.63. The Kier molecular flexibility index (Phi) is 5.32. The van der Waals surface area contributed by atoms with Gasteiger partial charge < -0.3 is 10.2 Å². The van der Waals surface area contributed by atoms with E-state index in [1.54, 1.807) is 36.0 Å². The Balaban J connectivity index is 1.68. The molecule has 0 fully saturated rings. The Labute approximate surface area is 159 Å². The third-order valence-electron chi connectivity index (χ3n) is 3.90. The van der Waals surface area contributed by atoms with Gasteiger partial charge in [-0.15, -0.1) is 5.10 Å². The summed E-state index contributed by atoms with van der Waals surface area (Å²) in [5.41, 5.74) is 2.67. The van der Waals surface area contributed by atoms with Crippen LogP contribution in [0.2, 0.25) is 0 Å². The minimum Gasteiger partial charge on any atom is -0.332 e. The molecule has 2 amide bonds. The van der Waals surface area contributed by atoms with E-state index in [2.05, 4.69) is 31.6 Å². The summed E-state index contributed by atoms with van der Waals surface area (Å²) >= 11 is 3.35. The zero-order chi connectivity index (χ0) is 18.7. The largest absolute Gasteiger partial charge is 0.332 e. The Morgan fingerprint density at radius 2 is 2.04 bits per heavy atom. The number of carbonyl (C=O) groups excluding carboxylic acids is 2. The van der Waals surface area contributed by atoms with Crippen molar-refractivity contribution in [2.24, 2.45) is 0 Å². The first-order chi connectivity index (χ1) is 12.5. The van der Waals surface area contributed by atoms with E-state index in [0.717, 1.165) is 9.99 Å². The highest BCUT2D eigenvalue weighted by molar-refractivity contribution is 9.10. The fourth-order valence-electron chi connectivity index (χ4n) is 2.61. The van der Waals surface area contributed by atoms with Crippen molar-refractivity contribution in [1.82, 2.24) is 19.9 Å². The third-order valence-corrected chi connectivity index (χ3v) is 4.39. The molecular weight excluding hydrogens is 398 g/mol. The first kappa shape index (κ1) is 18.1. The number of hydrogen-bond acceptors (Lipinski definition) is 4. The van der Waals surface area contributed by atoms with Gasteiger partial charge in [-0.3, -0.25) is 9.59 Å². The topological polar surface area (TPSA) is 80.1 Å². The van der Waals surface area contributed by atoms with Crippen molar-refractivity contribution in [1.29, 1.82) is 0 Å². The van der Waals surface area contributed by atoms with E-state index in [-0.39, 0.29) is 18.4 Å². The Morgan fingerprint density at radius 3 is 2.77 bits per heavy atom. The van der Waals surface area contributed by atoms with Crippen LogP contribution in [0.5, 0.6) is 0 Å². The maximum Gasteiger partial charge on any atom is 0.254 e. The third kappa shape index (κ3) is 3.91. The molecule has 0 bridgehead atoms. The van der Waals surface area contributed by atoms with Crippen LogP contribution in [0.25, 0.3) is 11.0 Å². The van der Waals surface area contributed by atoms with Crippen molar-refractivity contribution in [3.05, 3.63) is 52.5 Å². The molecule has 1 aromatic heterocycles. The minimum absolute atomic E-state index is 0.0506. The maximum atomic E-state index is 12.6. The summed E-state index contributed by atoms with van der Waals surface area (Å²) in [6, 6.07) is 12.5. The molecule has 0 saturated carbocycles. The van der Waals surface area contributed by atoms with Crippen LogP contribution in [0.15, 0.2) is 46.9 Å². The highest BCUT2D eigenvalue weighted by Gasteiger charge is 2.16. The average Bonchev–Trinajstić information content (AvgIpc) is 3.03. The average molecular weight is 416 g/mol. The number of amides is 2. The second-order valence-corrected chi connectivity index (χ2v) is 6.74. The fourth-order valence-corrected chi connectivity index (χ4v) is 3.01. The molecule has 8 heteroatoms. The number of aryl methyl sites for hydroxylation is 1. The van der Waals surface area contributed by atoms with E-state index >= 15 is 0 Å². The summed E-state index contributed by atoms with van der Waals surface area (Å²) in [4.78, 5) is 26.1. The van der Waals surface area contributed by atoms with Crippen LogP contribution >= 0.6 is 15.9 Å². The van der Waals surface area contributed by atoms with Gasteiger partial charge in [0.05, 0.1) is 12.1 Å². The number of hydrogen-bond donors (Lipinski definition) is 1. The molecule has 0 unspecified atom stereocenters. The molecule has 0 spiro atoms. The van der Waals surface area contributed by atoms with E-state index in [1.807, 2.05) is 25.1 Å². The number of anilines is 1. The lowest BCUT2D eigenvalue weighted by Gasteiger charge is -2.17. The van der Waals surface area contributed by atoms with Gasteiger partial charge in [-0.1, -0.05) is 27.2 Å². The SMILES string of the molecule is CCn1nnc2cc(C(=O)N(C)CC(=O)Nc3cccc(Br)c3)ccc21. The fraction of sp³-hybridized carbons (Fsp3) is 0.222. The van der Waals surface area contributed by atoms with Gasteiger partial charge in [0.2, 0.25) is 5.91 Å². The molecule has 0 atom stereocenters.